The summed E-state index contributed by atoms with van der Waals surface area (Å²) >= 11 is 0. The fourth-order valence-electron chi connectivity index (χ4n) is 6.14. The highest BCUT2D eigenvalue weighted by Crippen LogP contribution is 2.54. The number of amides is 1. The Labute approximate surface area is 330 Å². The van der Waals surface area contributed by atoms with Gasteiger partial charge in [-0.2, -0.15) is 10.2 Å². The van der Waals surface area contributed by atoms with E-state index in [1.807, 2.05) is 39.9 Å². The van der Waals surface area contributed by atoms with Crippen molar-refractivity contribution in [3.8, 4) is 6.07 Å². The van der Waals surface area contributed by atoms with Crippen LogP contribution in [0.4, 0.5) is 11.8 Å². The largest absolute Gasteiger partial charge is 0.475 e. The number of hydrogen-bond donors (Lipinski definition) is 5. The van der Waals surface area contributed by atoms with Gasteiger partial charge in [0.15, 0.2) is 25.7 Å². The van der Waals surface area contributed by atoms with Crippen molar-refractivity contribution in [2.75, 3.05) is 30.5 Å². The van der Waals surface area contributed by atoms with Crippen molar-refractivity contribution >= 4 is 53.2 Å². The lowest BCUT2D eigenvalue weighted by atomic mass is 10.1. The number of hydrogen-bond acceptors (Lipinski definition) is 17. The molecule has 3 aromatic rings. The van der Waals surface area contributed by atoms with Crippen LogP contribution in [0.2, 0.25) is 18.1 Å². The van der Waals surface area contributed by atoms with E-state index in [1.54, 1.807) is 26.1 Å². The maximum atomic E-state index is 14.4. The van der Waals surface area contributed by atoms with Gasteiger partial charge < -0.3 is 24.5 Å². The van der Waals surface area contributed by atoms with Gasteiger partial charge in [-0.15, -0.1) is 0 Å². The highest BCUT2D eigenvalue weighted by molar-refractivity contribution is 7.48. The van der Waals surface area contributed by atoms with Gasteiger partial charge in [0.2, 0.25) is 11.9 Å². The molecule has 0 radical (unpaired) electrons. The summed E-state index contributed by atoms with van der Waals surface area (Å²) in [6, 6.07) is 3.39. The first-order valence-corrected chi connectivity index (χ1v) is 24.1. The number of nitrogens with zero attached hydrogens (tertiary/aromatic N) is 6. The zero-order valence-corrected chi connectivity index (χ0v) is 35.7. The van der Waals surface area contributed by atoms with Gasteiger partial charge in [-0.3, -0.25) is 47.1 Å². The van der Waals surface area contributed by atoms with Crippen molar-refractivity contribution in [1.82, 2.24) is 29.5 Å². The number of aromatic nitrogens is 6. The molecule has 9 atom stereocenters. The SMILES string of the molecule is CC(C)C(=O)Nc1nc2c(ncn2[C@@H]2O[C@H](COP(=O)(OCCC#N)O[C@H]3C[C@H](Nc4ccncn4)C[C@@H]3CO)[C@@H](O[Si](C)(C)C(C)(C)C)[C@H]2O[PH](=O)O)c(=O)[nH]1. The number of aromatic amines is 1. The van der Waals surface area contributed by atoms with Crippen molar-refractivity contribution in [3.63, 3.8) is 0 Å². The number of rotatable bonds is 18. The minimum atomic E-state index is -4.52. The topological polar surface area (TPSA) is 284 Å². The average Bonchev–Trinajstić information content (AvgIpc) is 3.82. The molecule has 3 aromatic heterocycles. The van der Waals surface area contributed by atoms with Crippen LogP contribution in [0.15, 0.2) is 29.7 Å². The maximum absolute atomic E-state index is 14.4. The molecule has 1 saturated carbocycles. The maximum Gasteiger partial charge on any atom is 0.475 e. The van der Waals surface area contributed by atoms with Crippen LogP contribution in [0.25, 0.3) is 11.2 Å². The molecule has 5 rings (SSSR count). The monoisotopic (exact) mass is 855 g/mol. The zero-order valence-electron chi connectivity index (χ0n) is 32.8. The molecule has 2 unspecified atom stereocenters. The van der Waals surface area contributed by atoms with Gasteiger partial charge in [-0.05, 0) is 37.0 Å². The number of H-pyrrole nitrogens is 1. The Bertz CT molecular complexity index is 2030. The normalized spacial score (nSPS) is 25.7. The number of phosphoric ester groups is 1. The number of aliphatic hydroxyl groups is 1. The third-order valence-electron chi connectivity index (χ3n) is 10.2. The summed E-state index contributed by atoms with van der Waals surface area (Å²) < 4.78 is 64.7. The number of fused-ring (bicyclic) bond motifs is 1. The van der Waals surface area contributed by atoms with Gasteiger partial charge in [0.05, 0.1) is 38.1 Å². The van der Waals surface area contributed by atoms with Crippen LogP contribution in [0.1, 0.15) is 60.1 Å². The Morgan fingerprint density at radius 2 is 2.00 bits per heavy atom. The molecule has 1 aliphatic carbocycles. The minimum Gasteiger partial charge on any atom is -0.408 e. The van der Waals surface area contributed by atoms with Crippen LogP contribution in [-0.4, -0.2) is 104 Å². The van der Waals surface area contributed by atoms with E-state index >= 15 is 0 Å². The highest BCUT2D eigenvalue weighted by atomic mass is 31.2. The molecule has 2 aliphatic rings. The highest BCUT2D eigenvalue weighted by Gasteiger charge is 2.53. The number of carbonyl (C=O) groups is 1. The summed E-state index contributed by atoms with van der Waals surface area (Å²) in [4.78, 5) is 54.9. The van der Waals surface area contributed by atoms with Crippen molar-refractivity contribution in [2.24, 2.45) is 11.8 Å². The first-order valence-electron chi connectivity index (χ1n) is 18.4. The van der Waals surface area contributed by atoms with E-state index in [9.17, 15) is 34.0 Å². The molecule has 1 amide bonds. The number of phosphoric acid groups is 1. The van der Waals surface area contributed by atoms with E-state index in [1.165, 1.54) is 17.2 Å². The van der Waals surface area contributed by atoms with E-state index in [2.05, 4.69) is 35.6 Å². The van der Waals surface area contributed by atoms with Crippen LogP contribution in [0.5, 0.6) is 0 Å². The molecule has 2 fully saturated rings. The van der Waals surface area contributed by atoms with Crippen molar-refractivity contribution < 1.29 is 51.2 Å². The van der Waals surface area contributed by atoms with Crippen LogP contribution >= 0.6 is 16.1 Å². The van der Waals surface area contributed by atoms with Crippen LogP contribution < -0.4 is 16.2 Å². The lowest BCUT2D eigenvalue weighted by Crippen LogP contribution is -2.50. The molecule has 0 aromatic carbocycles. The zero-order chi connectivity index (χ0) is 41.7. The van der Waals surface area contributed by atoms with Gasteiger partial charge >= 0.3 is 16.1 Å². The molecule has 314 valence electrons. The molecular formula is C33H51N9O12P2Si. The van der Waals surface area contributed by atoms with Gasteiger partial charge in [-0.25, -0.2) is 19.5 Å². The predicted octanol–water partition coefficient (Wildman–Crippen LogP) is 3.88. The van der Waals surface area contributed by atoms with Gasteiger partial charge in [0.1, 0.15) is 30.5 Å². The van der Waals surface area contributed by atoms with Crippen molar-refractivity contribution in [2.45, 2.75) is 109 Å². The summed E-state index contributed by atoms with van der Waals surface area (Å²) in [7, 11) is -10.9. The molecule has 24 heteroatoms. The van der Waals surface area contributed by atoms with Crippen LogP contribution in [0.3, 0.4) is 0 Å². The lowest BCUT2D eigenvalue weighted by Gasteiger charge is -2.40. The minimum absolute atomic E-state index is 0.0445. The number of nitrogens with one attached hydrogen (secondary N) is 3. The van der Waals surface area contributed by atoms with Gasteiger partial charge in [0, 0.05) is 30.7 Å². The van der Waals surface area contributed by atoms with E-state index < -0.39 is 84.9 Å². The first kappa shape index (κ1) is 44.6. The molecule has 21 nitrogen and oxygen atoms in total. The number of aliphatic hydroxyl groups excluding tert-OH is 1. The lowest BCUT2D eigenvalue weighted by molar-refractivity contribution is -0.118. The Kier molecular flexibility index (Phi) is 14.6. The molecule has 1 saturated heterocycles. The molecule has 0 spiro atoms. The Morgan fingerprint density at radius 3 is 2.63 bits per heavy atom. The number of nitriles is 1. The number of imidazole rings is 1. The van der Waals surface area contributed by atoms with Crippen LogP contribution in [-0.2, 0) is 41.2 Å². The third-order valence-corrected chi connectivity index (χ3v) is 16.6. The number of carbonyl (C=O) groups excluding carboxylic acids is 1. The average molecular weight is 856 g/mol. The second-order valence-corrected chi connectivity index (χ2v) is 22.8. The molecule has 1 aliphatic heterocycles. The quantitative estimate of drug-likeness (QED) is 0.0689. The first-order chi connectivity index (χ1) is 26.8. The predicted molar refractivity (Wildman–Crippen MR) is 208 cm³/mol. The molecule has 0 bridgehead atoms. The molecule has 5 N–H and O–H groups in total. The Hall–Kier alpha value is -3.45. The van der Waals surface area contributed by atoms with E-state index in [0.29, 0.717) is 18.7 Å². The van der Waals surface area contributed by atoms with E-state index in [0.717, 1.165) is 0 Å². The van der Waals surface area contributed by atoms with E-state index in [-0.39, 0.29) is 47.8 Å². The molecular weight excluding hydrogens is 804 g/mol. The summed E-state index contributed by atoms with van der Waals surface area (Å²) in [5, 5.41) is 24.9. The fraction of sp³-hybridized carbons (Fsp3) is 0.667. The van der Waals surface area contributed by atoms with Gasteiger partial charge in [-0.1, -0.05) is 34.6 Å². The van der Waals surface area contributed by atoms with Crippen LogP contribution in [0, 0.1) is 23.2 Å². The summed E-state index contributed by atoms with van der Waals surface area (Å²) in [5.41, 5.74) is -0.838. The van der Waals surface area contributed by atoms with Crippen molar-refractivity contribution in [3.05, 3.63) is 35.3 Å². The second-order valence-electron chi connectivity index (χ2n) is 15.6. The number of anilines is 2. The summed E-state index contributed by atoms with van der Waals surface area (Å²) in [6.07, 6.45) is -0.952. The fourth-order valence-corrected chi connectivity index (χ4v) is 9.38. The standard InChI is InChI=1S/C33H51N9O12P2Si/c1-19(2)29(44)40-32-39-28-25(30(45)41-32)37-18-42(28)31-27(52-55(46)47)26(54-57(6,7)33(3,4)5)23(51-31)16-50-56(48,49-12-8-10-34)53-22-14-21(13-20(22)15-43)38-24-9-11-35-17-36-24/h9,11,17-23,26-27,31,43,55H,8,12-16H2,1-7H3,(H,46,47)(H,35,36,38)(H2,39,40,41,44,45)/t20-,21-,22+,23-,26-,27-,31-,56?/m1/s1. The Morgan fingerprint density at radius 1 is 1.25 bits per heavy atom. The van der Waals surface area contributed by atoms with Gasteiger partial charge in [0.25, 0.3) is 5.56 Å². The third kappa shape index (κ3) is 11.0. The smallest absolute Gasteiger partial charge is 0.408 e. The van der Waals surface area contributed by atoms with Crippen molar-refractivity contribution in [1.29, 1.82) is 5.26 Å². The molecule has 57 heavy (non-hydrogen) atoms. The molecule has 4 heterocycles. The summed E-state index contributed by atoms with van der Waals surface area (Å²) in [6.45, 7) is 12.1. The number of ether oxygens (including phenoxy) is 1. The van der Waals surface area contributed by atoms with E-state index in [4.69, 9.17) is 27.3 Å². The second kappa shape index (κ2) is 18.6. The summed E-state index contributed by atoms with van der Waals surface area (Å²) in [5.74, 6) is -0.921. The Balaban J connectivity index is 1.48.